The zero-order valence-corrected chi connectivity index (χ0v) is 11.6. The molecule has 2 aromatic rings. The van der Waals surface area contributed by atoms with Crippen LogP contribution in [0.3, 0.4) is 0 Å². The number of fused-ring (bicyclic) bond motifs is 1. The highest BCUT2D eigenvalue weighted by Crippen LogP contribution is 2.20. The number of amides is 1. The van der Waals surface area contributed by atoms with Gasteiger partial charge in [0.15, 0.2) is 0 Å². The number of carbonyl (C=O) groups excluding carboxylic acids is 1. The first kappa shape index (κ1) is 14.1. The van der Waals surface area contributed by atoms with E-state index in [2.05, 4.69) is 4.98 Å². The number of aromatic amines is 1. The zero-order chi connectivity index (χ0) is 14.7. The summed E-state index contributed by atoms with van der Waals surface area (Å²) in [5.74, 6) is -1.26. The minimum Gasteiger partial charge on any atom is -0.480 e. The van der Waals surface area contributed by atoms with Crippen LogP contribution >= 0.6 is 0 Å². The third-order valence-corrected chi connectivity index (χ3v) is 3.51. The minimum absolute atomic E-state index is 0.121. The van der Waals surface area contributed by atoms with Gasteiger partial charge in [0, 0.05) is 17.6 Å². The Morgan fingerprint density at radius 3 is 2.75 bits per heavy atom. The van der Waals surface area contributed by atoms with Crippen LogP contribution in [0.1, 0.15) is 30.6 Å². The van der Waals surface area contributed by atoms with Gasteiger partial charge in [0.05, 0.1) is 11.1 Å². The number of aromatic nitrogens is 1. The number of benzene rings is 1. The second-order valence-electron chi connectivity index (χ2n) is 4.83. The van der Waals surface area contributed by atoms with E-state index in [4.69, 9.17) is 5.11 Å². The number of H-pyrrole nitrogens is 1. The lowest BCUT2D eigenvalue weighted by Crippen LogP contribution is -2.41. The molecule has 2 rings (SSSR count). The van der Waals surface area contributed by atoms with Gasteiger partial charge in [0.25, 0.3) is 5.91 Å². The maximum atomic E-state index is 12.6. The van der Waals surface area contributed by atoms with Gasteiger partial charge in [-0.2, -0.15) is 0 Å². The van der Waals surface area contributed by atoms with E-state index in [0.29, 0.717) is 12.0 Å². The third kappa shape index (κ3) is 2.66. The van der Waals surface area contributed by atoms with E-state index in [9.17, 15) is 9.59 Å². The molecule has 0 radical (unpaired) electrons. The standard InChI is InChI=1S/C15H18N2O3/c1-3-10(2)17(9-13(18)19)15(20)12-6-4-5-11-7-8-16-14(11)12/h4-8,10,16H,3,9H2,1-2H3,(H,18,19). The van der Waals surface area contributed by atoms with Crippen LogP contribution in [0.5, 0.6) is 0 Å². The van der Waals surface area contributed by atoms with E-state index < -0.39 is 5.97 Å². The first-order chi connectivity index (χ1) is 9.54. The molecular formula is C15H18N2O3. The normalized spacial score (nSPS) is 12.3. The molecule has 106 valence electrons. The molecule has 0 bridgehead atoms. The Bertz CT molecular complexity index is 633. The number of carboxylic acid groups (broad SMARTS) is 1. The number of hydrogen-bond acceptors (Lipinski definition) is 2. The second-order valence-corrected chi connectivity index (χ2v) is 4.83. The van der Waals surface area contributed by atoms with Gasteiger partial charge in [0.2, 0.25) is 0 Å². The van der Waals surface area contributed by atoms with Gasteiger partial charge in [-0.3, -0.25) is 9.59 Å². The Kier molecular flexibility index (Phi) is 4.08. The number of para-hydroxylation sites is 1. The Morgan fingerprint density at radius 1 is 1.35 bits per heavy atom. The Balaban J connectivity index is 2.40. The van der Waals surface area contributed by atoms with Crippen LogP contribution in [-0.2, 0) is 4.79 Å². The molecule has 1 aromatic heterocycles. The van der Waals surface area contributed by atoms with E-state index in [0.717, 1.165) is 10.9 Å². The third-order valence-electron chi connectivity index (χ3n) is 3.51. The average Bonchev–Trinajstić information content (AvgIpc) is 2.91. The number of nitrogens with zero attached hydrogens (tertiary/aromatic N) is 1. The molecule has 0 fully saturated rings. The zero-order valence-electron chi connectivity index (χ0n) is 11.6. The van der Waals surface area contributed by atoms with Crippen molar-refractivity contribution in [3.8, 4) is 0 Å². The van der Waals surface area contributed by atoms with Crippen molar-refractivity contribution in [2.45, 2.75) is 26.3 Å². The van der Waals surface area contributed by atoms with Crippen molar-refractivity contribution in [3.05, 3.63) is 36.0 Å². The summed E-state index contributed by atoms with van der Waals surface area (Å²) in [6.07, 6.45) is 2.48. The van der Waals surface area contributed by atoms with Crippen molar-refractivity contribution >= 4 is 22.8 Å². The van der Waals surface area contributed by atoms with Crippen molar-refractivity contribution in [1.82, 2.24) is 9.88 Å². The SMILES string of the molecule is CCC(C)N(CC(=O)O)C(=O)c1cccc2cc[nH]c12. The molecular weight excluding hydrogens is 256 g/mol. The largest absolute Gasteiger partial charge is 0.480 e. The van der Waals surface area contributed by atoms with Crippen LogP contribution in [-0.4, -0.2) is 39.5 Å². The van der Waals surface area contributed by atoms with Gasteiger partial charge in [0.1, 0.15) is 6.54 Å². The minimum atomic E-state index is -1.00. The van der Waals surface area contributed by atoms with Crippen LogP contribution in [0, 0.1) is 0 Å². The van der Waals surface area contributed by atoms with Crippen LogP contribution in [0.25, 0.3) is 10.9 Å². The molecule has 1 unspecified atom stereocenters. The Labute approximate surface area is 117 Å². The fourth-order valence-corrected chi connectivity index (χ4v) is 2.21. The average molecular weight is 274 g/mol. The molecule has 1 aromatic carbocycles. The molecule has 5 nitrogen and oxygen atoms in total. The van der Waals surface area contributed by atoms with Gasteiger partial charge < -0.3 is 15.0 Å². The Hall–Kier alpha value is -2.30. The smallest absolute Gasteiger partial charge is 0.323 e. The highest BCUT2D eigenvalue weighted by atomic mass is 16.4. The predicted molar refractivity (Wildman–Crippen MR) is 76.7 cm³/mol. The number of aliphatic carboxylic acids is 1. The summed E-state index contributed by atoms with van der Waals surface area (Å²) >= 11 is 0. The number of nitrogens with one attached hydrogen (secondary N) is 1. The molecule has 2 N–H and O–H groups in total. The molecule has 0 aliphatic carbocycles. The Morgan fingerprint density at radius 2 is 2.10 bits per heavy atom. The lowest BCUT2D eigenvalue weighted by Gasteiger charge is -2.27. The molecule has 5 heteroatoms. The first-order valence-corrected chi connectivity index (χ1v) is 6.63. The summed E-state index contributed by atoms with van der Waals surface area (Å²) in [6.45, 7) is 3.50. The van der Waals surface area contributed by atoms with Crippen LogP contribution < -0.4 is 0 Å². The second kappa shape index (κ2) is 5.77. The molecule has 1 atom stereocenters. The summed E-state index contributed by atoms with van der Waals surface area (Å²) in [5, 5.41) is 9.94. The van der Waals surface area contributed by atoms with Crippen LogP contribution in [0.4, 0.5) is 0 Å². The van der Waals surface area contributed by atoms with Crippen LogP contribution in [0.2, 0.25) is 0 Å². The first-order valence-electron chi connectivity index (χ1n) is 6.63. The van der Waals surface area contributed by atoms with E-state index in [1.165, 1.54) is 4.90 Å². The number of hydrogen-bond donors (Lipinski definition) is 2. The maximum Gasteiger partial charge on any atom is 0.323 e. The molecule has 0 aliphatic heterocycles. The van der Waals surface area contributed by atoms with Crippen molar-refractivity contribution in [2.75, 3.05) is 6.54 Å². The van der Waals surface area contributed by atoms with Gasteiger partial charge in [-0.25, -0.2) is 0 Å². The van der Waals surface area contributed by atoms with E-state index >= 15 is 0 Å². The quantitative estimate of drug-likeness (QED) is 0.879. The van der Waals surface area contributed by atoms with Crippen molar-refractivity contribution in [2.24, 2.45) is 0 Å². The monoisotopic (exact) mass is 274 g/mol. The van der Waals surface area contributed by atoms with Crippen molar-refractivity contribution in [3.63, 3.8) is 0 Å². The highest BCUT2D eigenvalue weighted by molar-refractivity contribution is 6.06. The summed E-state index contributed by atoms with van der Waals surface area (Å²) in [6, 6.07) is 7.20. The highest BCUT2D eigenvalue weighted by Gasteiger charge is 2.24. The van der Waals surface area contributed by atoms with Crippen LogP contribution in [0.15, 0.2) is 30.5 Å². The summed E-state index contributed by atoms with van der Waals surface area (Å²) < 4.78 is 0. The summed E-state index contributed by atoms with van der Waals surface area (Å²) in [7, 11) is 0. The maximum absolute atomic E-state index is 12.6. The topological polar surface area (TPSA) is 73.4 Å². The summed E-state index contributed by atoms with van der Waals surface area (Å²) in [5.41, 5.74) is 1.25. The molecule has 0 aliphatic rings. The molecule has 0 spiro atoms. The number of carbonyl (C=O) groups is 2. The molecule has 0 saturated carbocycles. The lowest BCUT2D eigenvalue weighted by molar-refractivity contribution is -0.138. The lowest BCUT2D eigenvalue weighted by atomic mass is 10.1. The fourth-order valence-electron chi connectivity index (χ4n) is 2.21. The molecule has 20 heavy (non-hydrogen) atoms. The molecule has 0 saturated heterocycles. The fraction of sp³-hybridized carbons (Fsp3) is 0.333. The van der Waals surface area contributed by atoms with Gasteiger partial charge >= 0.3 is 5.97 Å². The van der Waals surface area contributed by atoms with Crippen molar-refractivity contribution in [1.29, 1.82) is 0 Å². The molecule has 1 amide bonds. The number of rotatable bonds is 5. The van der Waals surface area contributed by atoms with E-state index in [-0.39, 0.29) is 18.5 Å². The van der Waals surface area contributed by atoms with Gasteiger partial charge in [-0.15, -0.1) is 0 Å². The van der Waals surface area contributed by atoms with Gasteiger partial charge in [-0.1, -0.05) is 19.1 Å². The van der Waals surface area contributed by atoms with E-state index in [1.54, 1.807) is 18.3 Å². The summed E-state index contributed by atoms with van der Waals surface area (Å²) in [4.78, 5) is 28.1. The van der Waals surface area contributed by atoms with Crippen molar-refractivity contribution < 1.29 is 14.7 Å². The molecule has 1 heterocycles. The predicted octanol–water partition coefficient (Wildman–Crippen LogP) is 2.49. The number of carboxylic acids is 1. The van der Waals surface area contributed by atoms with Gasteiger partial charge in [-0.05, 0) is 25.5 Å². The van der Waals surface area contributed by atoms with E-state index in [1.807, 2.05) is 26.0 Å².